The van der Waals surface area contributed by atoms with Gasteiger partial charge in [-0.15, -0.1) is 0 Å². The lowest BCUT2D eigenvalue weighted by molar-refractivity contribution is -0.0501. The largest absolute Gasteiger partial charge is 0.434 e. The second-order valence-electron chi connectivity index (χ2n) is 6.00. The topological polar surface area (TPSA) is 56.1 Å². The summed E-state index contributed by atoms with van der Waals surface area (Å²) in [5.74, 6) is -0.624. The minimum absolute atomic E-state index is 0.0546. The molecule has 0 saturated carbocycles. The van der Waals surface area contributed by atoms with Crippen LogP contribution in [0.4, 0.5) is 14.6 Å². The van der Waals surface area contributed by atoms with Crippen molar-refractivity contribution in [3.8, 4) is 5.75 Å². The average Bonchev–Trinajstić information content (AvgIpc) is 2.98. The molecule has 1 N–H and O–H groups in total. The maximum Gasteiger partial charge on any atom is 0.387 e. The van der Waals surface area contributed by atoms with Crippen molar-refractivity contribution in [2.24, 2.45) is 0 Å². The maximum absolute atomic E-state index is 12.6. The highest BCUT2D eigenvalue weighted by Crippen LogP contribution is 2.27. The molecule has 10 heteroatoms. The highest BCUT2D eigenvalue weighted by atomic mass is 79.9. The number of halogens is 5. The molecule has 1 aromatic heterocycles. The Morgan fingerprint density at radius 2 is 1.93 bits per heavy atom. The summed E-state index contributed by atoms with van der Waals surface area (Å²) in [6.07, 6.45) is 0. The van der Waals surface area contributed by atoms with E-state index in [-0.39, 0.29) is 17.1 Å². The Kier molecular flexibility index (Phi) is 6.77. The molecule has 0 atom stereocenters. The van der Waals surface area contributed by atoms with Crippen molar-refractivity contribution in [3.05, 3.63) is 73.8 Å². The fraction of sp³-hybridized carbons (Fsp3) is 0.158. The lowest BCUT2D eigenvalue weighted by Gasteiger charge is -2.11. The van der Waals surface area contributed by atoms with Crippen LogP contribution in [0.5, 0.6) is 5.75 Å². The summed E-state index contributed by atoms with van der Waals surface area (Å²) in [5, 5.41) is 7.93. The van der Waals surface area contributed by atoms with Crippen LogP contribution in [-0.4, -0.2) is 22.3 Å². The van der Waals surface area contributed by atoms with Gasteiger partial charge in [-0.05, 0) is 37.3 Å². The quantitative estimate of drug-likeness (QED) is 0.437. The van der Waals surface area contributed by atoms with Gasteiger partial charge in [0, 0.05) is 31.8 Å². The molecule has 0 aliphatic heterocycles. The molecule has 29 heavy (non-hydrogen) atoms. The van der Waals surface area contributed by atoms with Crippen molar-refractivity contribution in [2.75, 3.05) is 5.32 Å². The van der Waals surface area contributed by atoms with Gasteiger partial charge in [0.2, 0.25) is 0 Å². The first-order chi connectivity index (χ1) is 13.7. The number of amides is 1. The number of carbonyl (C=O) groups excluding carboxylic acids is 1. The fourth-order valence-electron chi connectivity index (χ4n) is 2.63. The van der Waals surface area contributed by atoms with Crippen molar-refractivity contribution in [1.82, 2.24) is 9.78 Å². The summed E-state index contributed by atoms with van der Waals surface area (Å²) in [4.78, 5) is 12.6. The molecule has 0 bridgehead atoms. The number of nitrogens with one attached hydrogen (secondary N) is 1. The second-order valence-corrected chi connectivity index (χ2v) is 7.73. The van der Waals surface area contributed by atoms with Crippen molar-refractivity contribution in [2.45, 2.75) is 20.1 Å². The van der Waals surface area contributed by atoms with Crippen molar-refractivity contribution in [3.63, 3.8) is 0 Å². The molecule has 152 valence electrons. The molecule has 3 rings (SSSR count). The molecule has 0 aliphatic carbocycles. The third kappa shape index (κ3) is 5.26. The molecular weight excluding hydrogens is 491 g/mol. The van der Waals surface area contributed by atoms with Gasteiger partial charge in [-0.1, -0.05) is 45.2 Å². The van der Waals surface area contributed by atoms with Crippen LogP contribution in [0.25, 0.3) is 0 Å². The van der Waals surface area contributed by atoms with Crippen molar-refractivity contribution < 1.29 is 18.3 Å². The van der Waals surface area contributed by atoms with Gasteiger partial charge >= 0.3 is 6.61 Å². The zero-order valence-corrected chi connectivity index (χ0v) is 18.0. The van der Waals surface area contributed by atoms with E-state index >= 15 is 0 Å². The summed E-state index contributed by atoms with van der Waals surface area (Å²) in [7, 11) is 0. The Morgan fingerprint density at radius 1 is 1.24 bits per heavy atom. The number of rotatable bonds is 6. The number of anilines is 1. The standard InChI is InChI=1S/C19H14BrCl2F2N3O2/c1-10-7-17(26-27(10)9-13-14(21)3-2-4-15(13)22)25-18(28)12-8-11(20)5-6-16(12)29-19(23)24/h2-8,19H,9H2,1H3,(H,25,26,28). The Hall–Kier alpha value is -2.16. The van der Waals surface area contributed by atoms with Crippen molar-refractivity contribution in [1.29, 1.82) is 0 Å². The van der Waals surface area contributed by atoms with Gasteiger partial charge in [-0.2, -0.15) is 13.9 Å². The number of hydrogen-bond acceptors (Lipinski definition) is 3. The van der Waals surface area contributed by atoms with Gasteiger partial charge < -0.3 is 10.1 Å². The summed E-state index contributed by atoms with van der Waals surface area (Å²) in [5.41, 5.74) is 1.38. The van der Waals surface area contributed by atoms with E-state index < -0.39 is 12.5 Å². The van der Waals surface area contributed by atoms with Crippen LogP contribution >= 0.6 is 39.1 Å². The van der Waals surface area contributed by atoms with Crippen LogP contribution < -0.4 is 10.1 Å². The van der Waals surface area contributed by atoms with E-state index in [0.29, 0.717) is 26.6 Å². The number of carbonyl (C=O) groups is 1. The molecule has 2 aromatic carbocycles. The number of aromatic nitrogens is 2. The summed E-state index contributed by atoms with van der Waals surface area (Å²) >= 11 is 15.6. The minimum Gasteiger partial charge on any atom is -0.434 e. The van der Waals surface area contributed by atoms with Crippen LogP contribution in [0.3, 0.4) is 0 Å². The summed E-state index contributed by atoms with van der Waals surface area (Å²) in [6, 6.07) is 11.0. The smallest absolute Gasteiger partial charge is 0.387 e. The van der Waals surface area contributed by atoms with Gasteiger partial charge in [0.1, 0.15) is 5.75 Å². The van der Waals surface area contributed by atoms with E-state index in [1.807, 2.05) is 0 Å². The SMILES string of the molecule is Cc1cc(NC(=O)c2cc(Br)ccc2OC(F)F)nn1Cc1c(Cl)cccc1Cl. The molecule has 0 unspecified atom stereocenters. The predicted octanol–water partition coefficient (Wildman–Crippen LogP) is 6.16. The summed E-state index contributed by atoms with van der Waals surface area (Å²) < 4.78 is 31.8. The minimum atomic E-state index is -3.05. The Labute approximate surface area is 183 Å². The highest BCUT2D eigenvalue weighted by Gasteiger charge is 2.18. The molecule has 3 aromatic rings. The van der Waals surface area contributed by atoms with Gasteiger partial charge in [0.15, 0.2) is 5.82 Å². The van der Waals surface area contributed by atoms with E-state index in [1.54, 1.807) is 35.9 Å². The first kappa shape index (κ1) is 21.5. The third-order valence-corrected chi connectivity index (χ3v) is 5.20. The Balaban J connectivity index is 1.83. The molecule has 1 heterocycles. The van der Waals surface area contributed by atoms with Gasteiger partial charge in [-0.25, -0.2) is 0 Å². The molecular formula is C19H14BrCl2F2N3O2. The fourth-order valence-corrected chi connectivity index (χ4v) is 3.50. The van der Waals surface area contributed by atoms with E-state index in [1.165, 1.54) is 18.2 Å². The molecule has 0 aliphatic rings. The molecule has 0 fully saturated rings. The van der Waals surface area contributed by atoms with E-state index in [2.05, 4.69) is 31.1 Å². The highest BCUT2D eigenvalue weighted by molar-refractivity contribution is 9.10. The number of aryl methyl sites for hydroxylation is 1. The number of hydrogen-bond donors (Lipinski definition) is 1. The van der Waals surface area contributed by atoms with Crippen LogP contribution in [0.2, 0.25) is 10.0 Å². The van der Waals surface area contributed by atoms with Crippen LogP contribution in [0.1, 0.15) is 21.6 Å². The van der Waals surface area contributed by atoms with Gasteiger partial charge in [0.25, 0.3) is 5.91 Å². The molecule has 1 amide bonds. The number of benzene rings is 2. The molecule has 0 saturated heterocycles. The monoisotopic (exact) mass is 503 g/mol. The number of alkyl halides is 2. The lowest BCUT2D eigenvalue weighted by atomic mass is 10.2. The Morgan fingerprint density at radius 3 is 2.59 bits per heavy atom. The van der Waals surface area contributed by atoms with E-state index in [4.69, 9.17) is 23.2 Å². The summed E-state index contributed by atoms with van der Waals surface area (Å²) in [6.45, 7) is -0.946. The first-order valence-electron chi connectivity index (χ1n) is 8.27. The van der Waals surface area contributed by atoms with Crippen LogP contribution in [0.15, 0.2) is 46.9 Å². The lowest BCUT2D eigenvalue weighted by Crippen LogP contribution is -2.16. The van der Waals surface area contributed by atoms with Crippen LogP contribution in [-0.2, 0) is 6.54 Å². The van der Waals surface area contributed by atoms with E-state index in [0.717, 1.165) is 5.69 Å². The zero-order valence-electron chi connectivity index (χ0n) is 14.9. The molecule has 0 spiro atoms. The van der Waals surface area contributed by atoms with Gasteiger partial charge in [-0.3, -0.25) is 9.48 Å². The zero-order chi connectivity index (χ0) is 21.1. The third-order valence-electron chi connectivity index (χ3n) is 3.99. The number of ether oxygens (including phenoxy) is 1. The predicted molar refractivity (Wildman–Crippen MR) is 111 cm³/mol. The van der Waals surface area contributed by atoms with Gasteiger partial charge in [0.05, 0.1) is 12.1 Å². The number of nitrogens with zero attached hydrogens (tertiary/aromatic N) is 2. The first-order valence-corrected chi connectivity index (χ1v) is 9.82. The van der Waals surface area contributed by atoms with Crippen molar-refractivity contribution >= 4 is 50.9 Å². The maximum atomic E-state index is 12.6. The second kappa shape index (κ2) is 9.11. The molecule has 5 nitrogen and oxygen atoms in total. The Bertz CT molecular complexity index is 1040. The molecule has 0 radical (unpaired) electrons. The van der Waals surface area contributed by atoms with E-state index in [9.17, 15) is 13.6 Å². The average molecular weight is 505 g/mol. The normalized spacial score (nSPS) is 11.0. The van der Waals surface area contributed by atoms with Crippen LogP contribution in [0, 0.1) is 6.92 Å².